The molecule has 0 amide bonds. The summed E-state index contributed by atoms with van der Waals surface area (Å²) in [5.41, 5.74) is 4.78. The highest BCUT2D eigenvalue weighted by molar-refractivity contribution is 9.10. The van der Waals surface area contributed by atoms with Crippen LogP contribution in [0.5, 0.6) is 0 Å². The minimum atomic E-state index is -1.06. The molecule has 5 heteroatoms. The quantitative estimate of drug-likeness (QED) is 0.850. The Morgan fingerprint density at radius 2 is 2.22 bits per heavy atom. The summed E-state index contributed by atoms with van der Waals surface area (Å²) < 4.78 is 19.5. The van der Waals surface area contributed by atoms with E-state index < -0.39 is 17.2 Å². The molecule has 0 spiro atoms. The van der Waals surface area contributed by atoms with E-state index in [0.717, 1.165) is 0 Å². The first-order valence-corrected chi connectivity index (χ1v) is 6.58. The number of hydrogen-bond donors (Lipinski definition) is 1. The van der Waals surface area contributed by atoms with Crippen molar-refractivity contribution in [2.75, 3.05) is 13.2 Å². The van der Waals surface area contributed by atoms with Gasteiger partial charge in [-0.1, -0.05) is 12.1 Å². The van der Waals surface area contributed by atoms with Crippen LogP contribution in [0.2, 0.25) is 0 Å². The van der Waals surface area contributed by atoms with E-state index >= 15 is 0 Å². The molecule has 0 saturated heterocycles. The number of halogens is 2. The third-order valence-electron chi connectivity index (χ3n) is 2.92. The average Bonchev–Trinajstić information content (AvgIpc) is 2.33. The average molecular weight is 318 g/mol. The summed E-state index contributed by atoms with van der Waals surface area (Å²) in [5, 5.41) is 0. The van der Waals surface area contributed by atoms with Crippen LogP contribution in [0.1, 0.15) is 25.8 Å². The van der Waals surface area contributed by atoms with E-state index in [1.165, 1.54) is 0 Å². The number of benzene rings is 1. The topological polar surface area (TPSA) is 52.3 Å². The highest BCUT2D eigenvalue weighted by Crippen LogP contribution is 2.33. The number of nitrogens with two attached hydrogens (primary N) is 1. The normalized spacial score (nSPS) is 14.1. The van der Waals surface area contributed by atoms with Crippen LogP contribution in [0.15, 0.2) is 22.7 Å². The van der Waals surface area contributed by atoms with Gasteiger partial charge < -0.3 is 10.5 Å². The first-order chi connectivity index (χ1) is 8.47. The Balaban J connectivity index is 3.26. The number of rotatable bonds is 5. The zero-order valence-electron chi connectivity index (χ0n) is 10.5. The monoisotopic (exact) mass is 317 g/mol. The van der Waals surface area contributed by atoms with Gasteiger partial charge in [0.2, 0.25) is 0 Å². The Hall–Kier alpha value is -0.940. The van der Waals surface area contributed by atoms with E-state index in [-0.39, 0.29) is 13.2 Å². The van der Waals surface area contributed by atoms with Gasteiger partial charge in [-0.3, -0.25) is 4.79 Å². The SMILES string of the molecule is CCOC(=O)C(C)(CCN)c1cccc(Br)c1F. The van der Waals surface area contributed by atoms with Gasteiger partial charge in [-0.2, -0.15) is 0 Å². The van der Waals surface area contributed by atoms with Crippen molar-refractivity contribution in [3.05, 3.63) is 34.1 Å². The first kappa shape index (κ1) is 15.1. The second-order valence-electron chi connectivity index (χ2n) is 4.19. The molecule has 0 fully saturated rings. The zero-order chi connectivity index (χ0) is 13.8. The van der Waals surface area contributed by atoms with Crippen molar-refractivity contribution < 1.29 is 13.9 Å². The molecule has 0 aliphatic carbocycles. The van der Waals surface area contributed by atoms with Crippen molar-refractivity contribution >= 4 is 21.9 Å². The number of esters is 1. The third-order valence-corrected chi connectivity index (χ3v) is 3.53. The lowest BCUT2D eigenvalue weighted by Crippen LogP contribution is -2.37. The largest absolute Gasteiger partial charge is 0.465 e. The lowest BCUT2D eigenvalue weighted by atomic mass is 9.79. The zero-order valence-corrected chi connectivity index (χ0v) is 12.1. The molecule has 0 saturated carbocycles. The molecule has 2 N–H and O–H groups in total. The van der Waals surface area contributed by atoms with Crippen LogP contribution in [0, 0.1) is 5.82 Å². The van der Waals surface area contributed by atoms with Crippen LogP contribution >= 0.6 is 15.9 Å². The van der Waals surface area contributed by atoms with Gasteiger partial charge in [0.25, 0.3) is 0 Å². The number of carbonyl (C=O) groups excluding carboxylic acids is 1. The predicted octanol–water partition coefficient (Wildman–Crippen LogP) is 2.76. The van der Waals surface area contributed by atoms with Gasteiger partial charge in [0.1, 0.15) is 5.82 Å². The molecule has 0 aliphatic heterocycles. The molecule has 1 atom stereocenters. The van der Waals surface area contributed by atoms with Crippen molar-refractivity contribution in [3.63, 3.8) is 0 Å². The Morgan fingerprint density at radius 3 is 2.78 bits per heavy atom. The summed E-state index contributed by atoms with van der Waals surface area (Å²) in [6.45, 7) is 3.91. The van der Waals surface area contributed by atoms with Crippen LogP contribution < -0.4 is 5.73 Å². The lowest BCUT2D eigenvalue weighted by Gasteiger charge is -2.27. The maximum absolute atomic E-state index is 14.1. The Morgan fingerprint density at radius 1 is 1.56 bits per heavy atom. The molecule has 0 heterocycles. The van der Waals surface area contributed by atoms with Gasteiger partial charge in [0, 0.05) is 5.56 Å². The van der Waals surface area contributed by atoms with Gasteiger partial charge in [0.05, 0.1) is 16.5 Å². The molecule has 18 heavy (non-hydrogen) atoms. The summed E-state index contributed by atoms with van der Waals surface area (Å²) in [4.78, 5) is 12.1. The third kappa shape index (κ3) is 2.90. The number of carbonyl (C=O) groups is 1. The van der Waals surface area contributed by atoms with Crippen molar-refractivity contribution in [3.8, 4) is 0 Å². The van der Waals surface area contributed by atoms with Gasteiger partial charge in [-0.15, -0.1) is 0 Å². The van der Waals surface area contributed by atoms with E-state index in [9.17, 15) is 9.18 Å². The molecular weight excluding hydrogens is 301 g/mol. The highest BCUT2D eigenvalue weighted by atomic mass is 79.9. The van der Waals surface area contributed by atoms with E-state index in [1.807, 2.05) is 0 Å². The molecule has 0 radical (unpaired) electrons. The molecule has 3 nitrogen and oxygen atoms in total. The molecule has 0 aromatic heterocycles. The molecule has 0 aliphatic rings. The van der Waals surface area contributed by atoms with Crippen molar-refractivity contribution in [2.45, 2.75) is 25.7 Å². The Bertz CT molecular complexity index is 439. The fourth-order valence-corrected chi connectivity index (χ4v) is 2.22. The summed E-state index contributed by atoms with van der Waals surface area (Å²) in [6, 6.07) is 4.87. The molecule has 1 rings (SSSR count). The van der Waals surface area contributed by atoms with Gasteiger partial charge in [0.15, 0.2) is 0 Å². The van der Waals surface area contributed by atoms with Crippen molar-refractivity contribution in [1.29, 1.82) is 0 Å². The maximum Gasteiger partial charge on any atom is 0.316 e. The lowest BCUT2D eigenvalue weighted by molar-refractivity contribution is -0.149. The Kier molecular flexibility index (Phi) is 5.28. The van der Waals surface area contributed by atoms with Crippen molar-refractivity contribution in [1.82, 2.24) is 0 Å². The highest BCUT2D eigenvalue weighted by Gasteiger charge is 2.38. The second kappa shape index (κ2) is 6.29. The summed E-state index contributed by atoms with van der Waals surface area (Å²) in [5.74, 6) is -0.894. The van der Waals surface area contributed by atoms with Crippen LogP contribution in [0.4, 0.5) is 4.39 Å². The minimum Gasteiger partial charge on any atom is -0.465 e. The molecule has 1 aromatic carbocycles. The maximum atomic E-state index is 14.1. The summed E-state index contributed by atoms with van der Waals surface area (Å²) in [6.07, 6.45) is 0.333. The molecule has 0 bridgehead atoms. The fourth-order valence-electron chi connectivity index (χ4n) is 1.86. The standard InChI is InChI=1S/C13H17BrFNO2/c1-3-18-12(17)13(2,7-8-16)9-5-4-6-10(14)11(9)15/h4-6H,3,7-8,16H2,1-2H3. The van der Waals surface area contributed by atoms with Crippen LogP contribution in [-0.2, 0) is 14.9 Å². The molecule has 1 aromatic rings. The Labute approximate surface area is 115 Å². The van der Waals surface area contributed by atoms with Gasteiger partial charge in [-0.25, -0.2) is 4.39 Å². The van der Waals surface area contributed by atoms with Gasteiger partial charge >= 0.3 is 5.97 Å². The van der Waals surface area contributed by atoms with Gasteiger partial charge in [-0.05, 0) is 48.8 Å². The number of hydrogen-bond acceptors (Lipinski definition) is 3. The van der Waals surface area contributed by atoms with Crippen LogP contribution in [0.3, 0.4) is 0 Å². The fraction of sp³-hybridized carbons (Fsp3) is 0.462. The second-order valence-corrected chi connectivity index (χ2v) is 5.05. The van der Waals surface area contributed by atoms with Crippen molar-refractivity contribution in [2.24, 2.45) is 5.73 Å². The van der Waals surface area contributed by atoms with Crippen LogP contribution in [0.25, 0.3) is 0 Å². The predicted molar refractivity (Wildman–Crippen MR) is 71.8 cm³/mol. The smallest absolute Gasteiger partial charge is 0.316 e. The van der Waals surface area contributed by atoms with E-state index in [2.05, 4.69) is 15.9 Å². The molecular formula is C13H17BrFNO2. The summed E-state index contributed by atoms with van der Waals surface area (Å²) >= 11 is 3.12. The van der Waals surface area contributed by atoms with E-state index in [0.29, 0.717) is 16.5 Å². The minimum absolute atomic E-state index is 0.259. The van der Waals surface area contributed by atoms with Crippen LogP contribution in [-0.4, -0.2) is 19.1 Å². The molecule has 1 unspecified atom stereocenters. The molecule has 100 valence electrons. The first-order valence-electron chi connectivity index (χ1n) is 5.79. The summed E-state index contributed by atoms with van der Waals surface area (Å²) in [7, 11) is 0. The number of ether oxygens (including phenoxy) is 1. The van der Waals surface area contributed by atoms with E-state index in [1.54, 1.807) is 32.0 Å². The van der Waals surface area contributed by atoms with E-state index in [4.69, 9.17) is 10.5 Å².